The highest BCUT2D eigenvalue weighted by atomic mass is 16.6. The molecule has 7 heteroatoms. The summed E-state index contributed by atoms with van der Waals surface area (Å²) in [6.45, 7) is 6.19. The molecule has 2 heterocycles. The molecule has 0 radical (unpaired) electrons. The Balaban J connectivity index is 1.60. The van der Waals surface area contributed by atoms with Crippen LogP contribution in [-0.4, -0.2) is 53.3 Å². The maximum Gasteiger partial charge on any atom is 0.409 e. The van der Waals surface area contributed by atoms with Gasteiger partial charge >= 0.3 is 6.09 Å². The highest BCUT2D eigenvalue weighted by molar-refractivity contribution is 5.80. The van der Waals surface area contributed by atoms with E-state index in [4.69, 9.17) is 9.47 Å². The van der Waals surface area contributed by atoms with Crippen LogP contribution < -0.4 is 10.1 Å². The standard InChI is InChI=1S/C18H24N4O3/c1-3-24-15-5-6-16-13(11-15)12-19-17(21-16)20-14-7-9-22(10-8-14)18(23)25-4-2/h5-6,11-12,14H,3-4,7-10H2,1-2H3,(H,19,20,21). The van der Waals surface area contributed by atoms with Gasteiger partial charge in [-0.05, 0) is 44.9 Å². The number of carbonyl (C=O) groups is 1. The van der Waals surface area contributed by atoms with E-state index in [2.05, 4.69) is 15.3 Å². The zero-order valence-electron chi connectivity index (χ0n) is 14.7. The molecule has 0 unspecified atom stereocenters. The maximum absolute atomic E-state index is 11.7. The SMILES string of the molecule is CCOC(=O)N1CCC(Nc2ncc3cc(OCC)ccc3n2)CC1. The number of nitrogens with one attached hydrogen (secondary N) is 1. The largest absolute Gasteiger partial charge is 0.494 e. The fourth-order valence-electron chi connectivity index (χ4n) is 2.94. The second-order valence-corrected chi connectivity index (χ2v) is 5.95. The fourth-order valence-corrected chi connectivity index (χ4v) is 2.94. The van der Waals surface area contributed by atoms with E-state index in [1.54, 1.807) is 11.1 Å². The molecule has 1 N–H and O–H groups in total. The van der Waals surface area contributed by atoms with Crippen LogP contribution in [-0.2, 0) is 4.74 Å². The molecule has 0 saturated carbocycles. The van der Waals surface area contributed by atoms with Crippen molar-refractivity contribution >= 4 is 22.9 Å². The Bertz CT molecular complexity index is 729. The van der Waals surface area contributed by atoms with Crippen LogP contribution in [0.5, 0.6) is 5.75 Å². The molecule has 0 bridgehead atoms. The maximum atomic E-state index is 11.7. The second kappa shape index (κ2) is 8.00. The molecule has 1 fully saturated rings. The topological polar surface area (TPSA) is 76.6 Å². The first-order valence-electron chi connectivity index (χ1n) is 8.77. The van der Waals surface area contributed by atoms with Crippen LogP contribution in [0.3, 0.4) is 0 Å². The summed E-state index contributed by atoms with van der Waals surface area (Å²) < 4.78 is 10.5. The van der Waals surface area contributed by atoms with Crippen molar-refractivity contribution in [2.24, 2.45) is 0 Å². The van der Waals surface area contributed by atoms with Crippen molar-refractivity contribution < 1.29 is 14.3 Å². The molecule has 0 aliphatic carbocycles. The third-order valence-electron chi connectivity index (χ3n) is 4.22. The highest BCUT2D eigenvalue weighted by Gasteiger charge is 2.23. The molecule has 0 atom stereocenters. The molecule has 1 amide bonds. The number of likely N-dealkylation sites (tertiary alicyclic amines) is 1. The summed E-state index contributed by atoms with van der Waals surface area (Å²) in [6, 6.07) is 6.06. The van der Waals surface area contributed by atoms with Gasteiger partial charge in [-0.15, -0.1) is 0 Å². The molecule has 1 saturated heterocycles. The molecule has 2 aromatic rings. The molecule has 7 nitrogen and oxygen atoms in total. The number of carbonyl (C=O) groups excluding carboxylic acids is 1. The number of anilines is 1. The van der Waals surface area contributed by atoms with Crippen molar-refractivity contribution in [2.75, 3.05) is 31.6 Å². The molecule has 1 aliphatic heterocycles. The van der Waals surface area contributed by atoms with E-state index in [0.29, 0.717) is 32.3 Å². The molecular formula is C18H24N4O3. The van der Waals surface area contributed by atoms with Crippen LogP contribution in [0, 0.1) is 0 Å². The number of fused-ring (bicyclic) bond motifs is 1. The lowest BCUT2D eigenvalue weighted by Crippen LogP contribution is -2.42. The van der Waals surface area contributed by atoms with Crippen LogP contribution in [0.4, 0.5) is 10.7 Å². The third-order valence-corrected chi connectivity index (χ3v) is 4.22. The van der Waals surface area contributed by atoms with Gasteiger partial charge in [-0.25, -0.2) is 14.8 Å². The lowest BCUT2D eigenvalue weighted by molar-refractivity contribution is 0.0983. The minimum Gasteiger partial charge on any atom is -0.494 e. The molecular weight excluding hydrogens is 320 g/mol. The number of aromatic nitrogens is 2. The second-order valence-electron chi connectivity index (χ2n) is 5.95. The summed E-state index contributed by atoms with van der Waals surface area (Å²) >= 11 is 0. The van der Waals surface area contributed by atoms with E-state index in [0.717, 1.165) is 29.5 Å². The Morgan fingerprint density at radius 1 is 1.28 bits per heavy atom. The first-order chi connectivity index (χ1) is 12.2. The van der Waals surface area contributed by atoms with E-state index in [-0.39, 0.29) is 12.1 Å². The Labute approximate surface area is 147 Å². The van der Waals surface area contributed by atoms with Crippen LogP contribution in [0.15, 0.2) is 24.4 Å². The van der Waals surface area contributed by atoms with Gasteiger partial charge in [-0.2, -0.15) is 0 Å². The molecule has 1 aliphatic rings. The first kappa shape index (κ1) is 17.3. The van der Waals surface area contributed by atoms with Crippen molar-refractivity contribution in [3.63, 3.8) is 0 Å². The zero-order chi connectivity index (χ0) is 17.6. The highest BCUT2D eigenvalue weighted by Crippen LogP contribution is 2.21. The number of nitrogens with zero attached hydrogens (tertiary/aromatic N) is 3. The number of amides is 1. The van der Waals surface area contributed by atoms with E-state index in [1.807, 2.05) is 32.0 Å². The van der Waals surface area contributed by atoms with E-state index >= 15 is 0 Å². The normalized spacial score (nSPS) is 15.2. The molecule has 3 rings (SSSR count). The smallest absolute Gasteiger partial charge is 0.409 e. The summed E-state index contributed by atoms with van der Waals surface area (Å²) in [7, 11) is 0. The number of benzene rings is 1. The van der Waals surface area contributed by atoms with Gasteiger partial charge in [0.05, 0.1) is 18.7 Å². The zero-order valence-corrected chi connectivity index (χ0v) is 14.7. The van der Waals surface area contributed by atoms with Crippen molar-refractivity contribution in [1.82, 2.24) is 14.9 Å². The monoisotopic (exact) mass is 344 g/mol. The number of piperidine rings is 1. The van der Waals surface area contributed by atoms with Crippen LogP contribution in [0.1, 0.15) is 26.7 Å². The summed E-state index contributed by atoms with van der Waals surface area (Å²) in [4.78, 5) is 22.5. The van der Waals surface area contributed by atoms with Crippen molar-refractivity contribution in [2.45, 2.75) is 32.7 Å². The first-order valence-corrected chi connectivity index (χ1v) is 8.77. The summed E-state index contributed by atoms with van der Waals surface area (Å²) in [6.07, 6.45) is 3.28. The van der Waals surface area contributed by atoms with Gasteiger partial charge in [-0.3, -0.25) is 0 Å². The minimum atomic E-state index is -0.229. The number of hydrogen-bond donors (Lipinski definition) is 1. The number of rotatable bonds is 5. The van der Waals surface area contributed by atoms with E-state index in [9.17, 15) is 4.79 Å². The van der Waals surface area contributed by atoms with Gasteiger partial charge in [0.1, 0.15) is 5.75 Å². The third kappa shape index (κ3) is 4.29. The van der Waals surface area contributed by atoms with Gasteiger partial charge in [0.25, 0.3) is 0 Å². The summed E-state index contributed by atoms with van der Waals surface area (Å²) in [5, 5.41) is 4.32. The lowest BCUT2D eigenvalue weighted by Gasteiger charge is -2.31. The molecule has 134 valence electrons. The average Bonchev–Trinajstić information content (AvgIpc) is 2.63. The molecule has 25 heavy (non-hydrogen) atoms. The van der Waals surface area contributed by atoms with Gasteiger partial charge < -0.3 is 19.7 Å². The predicted octanol–water partition coefficient (Wildman–Crippen LogP) is 3.06. The van der Waals surface area contributed by atoms with Gasteiger partial charge in [0, 0.05) is 30.7 Å². The minimum absolute atomic E-state index is 0.229. The Kier molecular flexibility index (Phi) is 5.53. The quantitative estimate of drug-likeness (QED) is 0.898. The van der Waals surface area contributed by atoms with Crippen molar-refractivity contribution in [3.05, 3.63) is 24.4 Å². The van der Waals surface area contributed by atoms with Crippen LogP contribution >= 0.6 is 0 Å². The fraction of sp³-hybridized carbons (Fsp3) is 0.500. The number of hydrogen-bond acceptors (Lipinski definition) is 6. The predicted molar refractivity (Wildman–Crippen MR) is 95.9 cm³/mol. The average molecular weight is 344 g/mol. The van der Waals surface area contributed by atoms with Gasteiger partial charge in [0.15, 0.2) is 0 Å². The summed E-state index contributed by atoms with van der Waals surface area (Å²) in [5.74, 6) is 1.44. The Morgan fingerprint density at radius 3 is 2.80 bits per heavy atom. The van der Waals surface area contributed by atoms with Gasteiger partial charge in [-0.1, -0.05) is 0 Å². The number of ether oxygens (including phenoxy) is 2. The molecule has 1 aromatic heterocycles. The summed E-state index contributed by atoms with van der Waals surface area (Å²) in [5.41, 5.74) is 0.880. The Morgan fingerprint density at radius 2 is 2.08 bits per heavy atom. The van der Waals surface area contributed by atoms with Crippen molar-refractivity contribution in [3.8, 4) is 5.75 Å². The van der Waals surface area contributed by atoms with E-state index < -0.39 is 0 Å². The molecule has 0 spiro atoms. The van der Waals surface area contributed by atoms with Crippen LogP contribution in [0.25, 0.3) is 10.9 Å². The molecule has 1 aromatic carbocycles. The van der Waals surface area contributed by atoms with Crippen molar-refractivity contribution in [1.29, 1.82) is 0 Å². The Hall–Kier alpha value is -2.57. The van der Waals surface area contributed by atoms with E-state index in [1.165, 1.54) is 0 Å². The van der Waals surface area contributed by atoms with Gasteiger partial charge in [0.2, 0.25) is 5.95 Å². The lowest BCUT2D eigenvalue weighted by atomic mass is 10.1. The van der Waals surface area contributed by atoms with Crippen LogP contribution in [0.2, 0.25) is 0 Å².